The van der Waals surface area contributed by atoms with Gasteiger partial charge < -0.3 is 15.8 Å². The van der Waals surface area contributed by atoms with Gasteiger partial charge in [0.2, 0.25) is 5.91 Å². The van der Waals surface area contributed by atoms with Gasteiger partial charge in [-0.15, -0.1) is 0 Å². The molecule has 3 atom stereocenters. The fourth-order valence-corrected chi connectivity index (χ4v) is 2.13. The summed E-state index contributed by atoms with van der Waals surface area (Å²) in [6.45, 7) is 2.41. The molecule has 0 aromatic carbocycles. The van der Waals surface area contributed by atoms with Gasteiger partial charge in [-0.25, -0.2) is 0 Å². The Hall–Kier alpha value is -1.40. The third-order valence-electron chi connectivity index (χ3n) is 3.25. The number of ether oxygens (including phenoxy) is 1. The molecular formula is C12H20N4O2. The van der Waals surface area contributed by atoms with Crippen molar-refractivity contribution in [1.29, 1.82) is 0 Å². The molecule has 1 saturated heterocycles. The van der Waals surface area contributed by atoms with Crippen LogP contribution >= 0.6 is 0 Å². The van der Waals surface area contributed by atoms with Crippen LogP contribution in [-0.4, -0.2) is 34.4 Å². The number of rotatable bonds is 4. The molecular weight excluding hydrogens is 232 g/mol. The summed E-state index contributed by atoms with van der Waals surface area (Å²) in [6.07, 6.45) is 4.91. The number of carbonyl (C=O) groups excluding carboxylic acids is 1. The van der Waals surface area contributed by atoms with Crippen LogP contribution in [0.4, 0.5) is 0 Å². The van der Waals surface area contributed by atoms with Crippen LogP contribution in [0.1, 0.15) is 31.4 Å². The quantitative estimate of drug-likeness (QED) is 0.796. The summed E-state index contributed by atoms with van der Waals surface area (Å²) in [7, 11) is 1.85. The average molecular weight is 252 g/mol. The molecule has 1 aromatic heterocycles. The van der Waals surface area contributed by atoms with E-state index in [2.05, 4.69) is 10.4 Å². The van der Waals surface area contributed by atoms with E-state index in [9.17, 15) is 4.79 Å². The maximum atomic E-state index is 12.0. The highest BCUT2D eigenvalue weighted by Crippen LogP contribution is 2.20. The SMILES string of the molecule is CC(NC(=O)[C@@H]1CC[C@H](CN)O1)c1cnn(C)c1. The number of aromatic nitrogens is 2. The van der Waals surface area contributed by atoms with Crippen molar-refractivity contribution < 1.29 is 9.53 Å². The lowest BCUT2D eigenvalue weighted by atomic mass is 10.1. The number of nitrogens with two attached hydrogens (primary N) is 1. The van der Waals surface area contributed by atoms with E-state index in [0.29, 0.717) is 6.54 Å². The molecule has 0 bridgehead atoms. The minimum absolute atomic E-state index is 0.0226. The van der Waals surface area contributed by atoms with Gasteiger partial charge in [0.15, 0.2) is 0 Å². The van der Waals surface area contributed by atoms with E-state index in [4.69, 9.17) is 10.5 Å². The van der Waals surface area contributed by atoms with Crippen LogP contribution in [-0.2, 0) is 16.6 Å². The maximum absolute atomic E-state index is 12.0. The lowest BCUT2D eigenvalue weighted by molar-refractivity contribution is -0.132. The van der Waals surface area contributed by atoms with Crippen molar-refractivity contribution in [1.82, 2.24) is 15.1 Å². The van der Waals surface area contributed by atoms with Crippen molar-refractivity contribution in [3.8, 4) is 0 Å². The Morgan fingerprint density at radius 3 is 3.06 bits per heavy atom. The molecule has 0 saturated carbocycles. The van der Waals surface area contributed by atoms with E-state index in [1.165, 1.54) is 0 Å². The van der Waals surface area contributed by atoms with Gasteiger partial charge in [0.05, 0.1) is 18.3 Å². The summed E-state index contributed by atoms with van der Waals surface area (Å²) < 4.78 is 7.27. The summed E-state index contributed by atoms with van der Waals surface area (Å²) in [4.78, 5) is 12.0. The van der Waals surface area contributed by atoms with Crippen LogP contribution in [0.15, 0.2) is 12.4 Å². The first kappa shape index (κ1) is 13.0. The molecule has 2 rings (SSSR count). The summed E-state index contributed by atoms with van der Waals surface area (Å²) in [5.74, 6) is -0.0673. The topological polar surface area (TPSA) is 82.2 Å². The first-order valence-corrected chi connectivity index (χ1v) is 6.24. The van der Waals surface area contributed by atoms with Crippen molar-refractivity contribution in [2.45, 2.75) is 38.0 Å². The molecule has 1 unspecified atom stereocenters. The molecule has 0 radical (unpaired) electrons. The van der Waals surface area contributed by atoms with Gasteiger partial charge in [0, 0.05) is 25.4 Å². The summed E-state index contributed by atoms with van der Waals surface area (Å²) in [5, 5.41) is 7.02. The standard InChI is InChI=1S/C12H20N4O2/c1-8(9-6-14-16(2)7-9)15-12(17)11-4-3-10(5-13)18-11/h6-8,10-11H,3-5,13H2,1-2H3,(H,15,17)/t8?,10-,11+/m1/s1. The number of nitrogens with one attached hydrogen (secondary N) is 1. The van der Waals surface area contributed by atoms with E-state index in [1.54, 1.807) is 10.9 Å². The van der Waals surface area contributed by atoms with Crippen molar-refractivity contribution in [2.75, 3.05) is 6.54 Å². The zero-order valence-corrected chi connectivity index (χ0v) is 10.8. The second-order valence-corrected chi connectivity index (χ2v) is 4.74. The third kappa shape index (κ3) is 2.88. The number of nitrogens with zero attached hydrogens (tertiary/aromatic N) is 2. The Kier molecular flexibility index (Phi) is 3.98. The van der Waals surface area contributed by atoms with Gasteiger partial charge in [-0.2, -0.15) is 5.10 Å². The predicted octanol–water partition coefficient (Wildman–Crippen LogP) is 0.104. The Morgan fingerprint density at radius 1 is 1.72 bits per heavy atom. The fraction of sp³-hybridized carbons (Fsp3) is 0.667. The van der Waals surface area contributed by atoms with Crippen LogP contribution in [0, 0.1) is 0 Å². The minimum Gasteiger partial charge on any atom is -0.364 e. The van der Waals surface area contributed by atoms with E-state index < -0.39 is 0 Å². The van der Waals surface area contributed by atoms with Crippen molar-refractivity contribution in [3.63, 3.8) is 0 Å². The first-order chi connectivity index (χ1) is 8.60. The van der Waals surface area contributed by atoms with Crippen molar-refractivity contribution in [3.05, 3.63) is 18.0 Å². The normalized spacial score (nSPS) is 25.1. The number of hydrogen-bond acceptors (Lipinski definition) is 4. The zero-order valence-electron chi connectivity index (χ0n) is 10.8. The van der Waals surface area contributed by atoms with Gasteiger partial charge in [-0.1, -0.05) is 0 Å². The molecule has 1 fully saturated rings. The third-order valence-corrected chi connectivity index (χ3v) is 3.25. The molecule has 0 aliphatic carbocycles. The number of hydrogen-bond donors (Lipinski definition) is 2. The molecule has 6 nitrogen and oxygen atoms in total. The summed E-state index contributed by atoms with van der Waals surface area (Å²) in [6, 6.07) is -0.0632. The Morgan fingerprint density at radius 2 is 2.50 bits per heavy atom. The van der Waals surface area contributed by atoms with E-state index in [0.717, 1.165) is 18.4 Å². The van der Waals surface area contributed by atoms with Gasteiger partial charge in [0.25, 0.3) is 0 Å². The molecule has 3 N–H and O–H groups in total. The second-order valence-electron chi connectivity index (χ2n) is 4.74. The summed E-state index contributed by atoms with van der Waals surface area (Å²) >= 11 is 0. The molecule has 1 aromatic rings. The van der Waals surface area contributed by atoms with Crippen LogP contribution in [0.2, 0.25) is 0 Å². The maximum Gasteiger partial charge on any atom is 0.249 e. The lowest BCUT2D eigenvalue weighted by Crippen LogP contribution is -2.36. The van der Waals surface area contributed by atoms with Gasteiger partial charge in [-0.05, 0) is 19.8 Å². The molecule has 1 amide bonds. The highest BCUT2D eigenvalue weighted by molar-refractivity contribution is 5.81. The molecule has 100 valence electrons. The molecule has 1 aliphatic rings. The average Bonchev–Trinajstić information content (AvgIpc) is 2.97. The molecule has 1 aliphatic heterocycles. The van der Waals surface area contributed by atoms with E-state index in [-0.39, 0.29) is 24.2 Å². The molecule has 6 heteroatoms. The summed E-state index contributed by atoms with van der Waals surface area (Å²) in [5.41, 5.74) is 6.51. The van der Waals surface area contributed by atoms with Gasteiger partial charge in [0.1, 0.15) is 6.10 Å². The lowest BCUT2D eigenvalue weighted by Gasteiger charge is -2.16. The monoisotopic (exact) mass is 252 g/mol. The van der Waals surface area contributed by atoms with Gasteiger partial charge >= 0.3 is 0 Å². The second kappa shape index (κ2) is 5.49. The Balaban J connectivity index is 1.88. The number of aryl methyl sites for hydroxylation is 1. The zero-order chi connectivity index (χ0) is 13.1. The molecule has 2 heterocycles. The largest absolute Gasteiger partial charge is 0.364 e. The highest BCUT2D eigenvalue weighted by atomic mass is 16.5. The Bertz CT molecular complexity index is 418. The number of carbonyl (C=O) groups is 1. The van der Waals surface area contributed by atoms with Crippen LogP contribution in [0.5, 0.6) is 0 Å². The Labute approximate surface area is 106 Å². The predicted molar refractivity (Wildman–Crippen MR) is 66.7 cm³/mol. The molecule has 18 heavy (non-hydrogen) atoms. The van der Waals surface area contributed by atoms with Crippen LogP contribution in [0.25, 0.3) is 0 Å². The van der Waals surface area contributed by atoms with Crippen molar-refractivity contribution >= 4 is 5.91 Å². The smallest absolute Gasteiger partial charge is 0.249 e. The molecule has 0 spiro atoms. The van der Waals surface area contributed by atoms with E-state index >= 15 is 0 Å². The van der Waals surface area contributed by atoms with E-state index in [1.807, 2.05) is 20.2 Å². The minimum atomic E-state index is -0.363. The van der Waals surface area contributed by atoms with Crippen molar-refractivity contribution in [2.24, 2.45) is 12.8 Å². The van der Waals surface area contributed by atoms with Gasteiger partial charge in [-0.3, -0.25) is 9.48 Å². The first-order valence-electron chi connectivity index (χ1n) is 6.24. The number of amides is 1. The van der Waals surface area contributed by atoms with Crippen LogP contribution in [0.3, 0.4) is 0 Å². The van der Waals surface area contributed by atoms with Crippen LogP contribution < -0.4 is 11.1 Å². The highest BCUT2D eigenvalue weighted by Gasteiger charge is 2.30. The fourth-order valence-electron chi connectivity index (χ4n) is 2.13.